The monoisotopic (exact) mass is 402 g/mol. The third-order valence-corrected chi connectivity index (χ3v) is 6.70. The Morgan fingerprint density at radius 3 is 2.43 bits per heavy atom. The average molecular weight is 403 g/mol. The Kier molecular flexibility index (Phi) is 6.70. The van der Waals surface area contributed by atoms with Crippen LogP contribution in [0.1, 0.15) is 35.2 Å². The van der Waals surface area contributed by atoms with Crippen molar-refractivity contribution >= 4 is 15.9 Å². The fourth-order valence-electron chi connectivity index (χ4n) is 3.19. The van der Waals surface area contributed by atoms with Gasteiger partial charge in [-0.05, 0) is 44.0 Å². The Bertz CT molecular complexity index is 904. The molecule has 1 aliphatic heterocycles. The Morgan fingerprint density at radius 1 is 1.04 bits per heavy atom. The van der Waals surface area contributed by atoms with E-state index in [0.717, 1.165) is 30.6 Å². The summed E-state index contributed by atoms with van der Waals surface area (Å²) in [6, 6.07) is 14.0. The van der Waals surface area contributed by atoms with Crippen LogP contribution < -0.4 is 10.1 Å². The molecule has 1 amide bonds. The van der Waals surface area contributed by atoms with E-state index >= 15 is 0 Å². The first-order valence-corrected chi connectivity index (χ1v) is 11.0. The number of piperidine rings is 1. The van der Waals surface area contributed by atoms with Crippen LogP contribution in [0, 0.1) is 6.92 Å². The summed E-state index contributed by atoms with van der Waals surface area (Å²) in [6.45, 7) is 3.59. The lowest BCUT2D eigenvalue weighted by molar-refractivity contribution is 0.0943. The van der Waals surface area contributed by atoms with Crippen LogP contribution in [0.2, 0.25) is 0 Å². The van der Waals surface area contributed by atoms with Gasteiger partial charge in [-0.25, -0.2) is 8.42 Å². The standard InChI is InChI=1S/C21H26N2O4S/c1-17-9-11-18(12-10-17)27-16-13-22-21(24)19-7-3-4-8-20(19)28(25,26)23-14-5-2-6-15-23/h3-4,7-12H,2,5-6,13-16H2,1H3,(H,22,24). The number of rotatable bonds is 7. The van der Waals surface area contributed by atoms with Crippen LogP contribution in [0.4, 0.5) is 0 Å². The highest BCUT2D eigenvalue weighted by Gasteiger charge is 2.29. The van der Waals surface area contributed by atoms with Gasteiger partial charge >= 0.3 is 0 Å². The van der Waals surface area contributed by atoms with Gasteiger partial charge < -0.3 is 10.1 Å². The minimum atomic E-state index is -3.67. The number of hydrogen-bond donors (Lipinski definition) is 1. The third-order valence-electron chi connectivity index (χ3n) is 4.74. The smallest absolute Gasteiger partial charge is 0.252 e. The molecule has 1 N–H and O–H groups in total. The molecule has 2 aromatic carbocycles. The average Bonchev–Trinajstić information content (AvgIpc) is 2.73. The number of amides is 1. The predicted molar refractivity (Wildman–Crippen MR) is 108 cm³/mol. The van der Waals surface area contributed by atoms with E-state index in [1.165, 1.54) is 10.4 Å². The third kappa shape index (κ3) is 4.91. The molecule has 1 fully saturated rings. The molecule has 0 aromatic heterocycles. The molecule has 2 aromatic rings. The molecule has 0 unspecified atom stereocenters. The van der Waals surface area contributed by atoms with Gasteiger partial charge in [-0.1, -0.05) is 36.2 Å². The van der Waals surface area contributed by atoms with Crippen LogP contribution >= 0.6 is 0 Å². The van der Waals surface area contributed by atoms with Crippen LogP contribution in [0.5, 0.6) is 5.75 Å². The van der Waals surface area contributed by atoms with Gasteiger partial charge in [-0.3, -0.25) is 4.79 Å². The number of carbonyl (C=O) groups excluding carboxylic acids is 1. The summed E-state index contributed by atoms with van der Waals surface area (Å²) in [5.74, 6) is 0.316. The fourth-order valence-corrected chi connectivity index (χ4v) is 4.89. The molecule has 0 spiro atoms. The molecule has 3 rings (SSSR count). The van der Waals surface area contributed by atoms with E-state index in [4.69, 9.17) is 4.74 Å². The molecule has 7 heteroatoms. The van der Waals surface area contributed by atoms with Gasteiger partial charge in [0, 0.05) is 13.1 Å². The van der Waals surface area contributed by atoms with Crippen LogP contribution in [-0.4, -0.2) is 44.9 Å². The number of aryl methyl sites for hydroxylation is 1. The fraction of sp³-hybridized carbons (Fsp3) is 0.381. The van der Waals surface area contributed by atoms with Crippen LogP contribution in [0.15, 0.2) is 53.4 Å². The quantitative estimate of drug-likeness (QED) is 0.723. The first-order valence-electron chi connectivity index (χ1n) is 9.55. The van der Waals surface area contributed by atoms with Crippen molar-refractivity contribution in [1.29, 1.82) is 0 Å². The van der Waals surface area contributed by atoms with Gasteiger partial charge in [0.05, 0.1) is 17.0 Å². The number of benzene rings is 2. The van der Waals surface area contributed by atoms with Crippen molar-refractivity contribution in [3.8, 4) is 5.75 Å². The normalized spacial score (nSPS) is 15.2. The van der Waals surface area contributed by atoms with E-state index in [-0.39, 0.29) is 17.0 Å². The number of nitrogens with zero attached hydrogens (tertiary/aromatic N) is 1. The van der Waals surface area contributed by atoms with Gasteiger partial charge in [0.15, 0.2) is 0 Å². The number of nitrogens with one attached hydrogen (secondary N) is 1. The lowest BCUT2D eigenvalue weighted by Crippen LogP contribution is -2.37. The minimum Gasteiger partial charge on any atom is -0.492 e. The van der Waals surface area contributed by atoms with Gasteiger partial charge in [0.25, 0.3) is 5.91 Å². The van der Waals surface area contributed by atoms with E-state index in [2.05, 4.69) is 5.32 Å². The molecule has 0 saturated carbocycles. The zero-order valence-electron chi connectivity index (χ0n) is 16.1. The highest BCUT2D eigenvalue weighted by Crippen LogP contribution is 2.23. The number of sulfonamides is 1. The van der Waals surface area contributed by atoms with E-state index in [0.29, 0.717) is 19.7 Å². The second-order valence-corrected chi connectivity index (χ2v) is 8.78. The maximum Gasteiger partial charge on any atom is 0.252 e. The van der Waals surface area contributed by atoms with Gasteiger partial charge in [-0.2, -0.15) is 4.31 Å². The molecular formula is C21H26N2O4S. The van der Waals surface area contributed by atoms with Gasteiger partial charge in [0.1, 0.15) is 12.4 Å². The molecule has 1 aliphatic rings. The molecule has 0 radical (unpaired) electrons. The summed E-state index contributed by atoms with van der Waals surface area (Å²) in [7, 11) is -3.67. The lowest BCUT2D eigenvalue weighted by atomic mass is 10.2. The van der Waals surface area contributed by atoms with E-state index in [9.17, 15) is 13.2 Å². The SMILES string of the molecule is Cc1ccc(OCCNC(=O)c2ccccc2S(=O)(=O)N2CCCCC2)cc1. The maximum absolute atomic E-state index is 13.0. The summed E-state index contributed by atoms with van der Waals surface area (Å²) >= 11 is 0. The largest absolute Gasteiger partial charge is 0.492 e. The van der Waals surface area contributed by atoms with Crippen molar-refractivity contribution in [2.75, 3.05) is 26.2 Å². The first kappa shape index (κ1) is 20.4. The Morgan fingerprint density at radius 2 is 1.71 bits per heavy atom. The van der Waals surface area contributed by atoms with Crippen molar-refractivity contribution in [3.05, 3.63) is 59.7 Å². The summed E-state index contributed by atoms with van der Waals surface area (Å²) < 4.78 is 33.0. The molecule has 0 aliphatic carbocycles. The second kappa shape index (κ2) is 9.21. The summed E-state index contributed by atoms with van der Waals surface area (Å²) in [5, 5.41) is 2.75. The van der Waals surface area contributed by atoms with E-state index < -0.39 is 15.9 Å². The van der Waals surface area contributed by atoms with E-state index in [1.54, 1.807) is 18.2 Å². The lowest BCUT2D eigenvalue weighted by Gasteiger charge is -2.26. The Labute approximate surface area is 166 Å². The Hall–Kier alpha value is -2.38. The first-order chi connectivity index (χ1) is 13.5. The van der Waals surface area contributed by atoms with Crippen molar-refractivity contribution < 1.29 is 17.9 Å². The van der Waals surface area contributed by atoms with Crippen LogP contribution in [0.3, 0.4) is 0 Å². The highest BCUT2D eigenvalue weighted by atomic mass is 32.2. The summed E-state index contributed by atoms with van der Waals surface area (Å²) in [6.07, 6.45) is 2.74. The second-order valence-electron chi connectivity index (χ2n) is 6.88. The number of ether oxygens (including phenoxy) is 1. The molecule has 1 heterocycles. The highest BCUT2D eigenvalue weighted by molar-refractivity contribution is 7.89. The van der Waals surface area contributed by atoms with Crippen molar-refractivity contribution in [3.63, 3.8) is 0 Å². The van der Waals surface area contributed by atoms with Crippen LogP contribution in [-0.2, 0) is 10.0 Å². The summed E-state index contributed by atoms with van der Waals surface area (Å²) in [5.41, 5.74) is 1.32. The minimum absolute atomic E-state index is 0.0638. The molecule has 150 valence electrons. The topological polar surface area (TPSA) is 75.7 Å². The number of carbonyl (C=O) groups is 1. The van der Waals surface area contributed by atoms with Crippen molar-refractivity contribution in [2.24, 2.45) is 0 Å². The Balaban J connectivity index is 1.63. The zero-order chi connectivity index (χ0) is 20.0. The van der Waals surface area contributed by atoms with Crippen molar-refractivity contribution in [1.82, 2.24) is 9.62 Å². The molecule has 0 atom stereocenters. The van der Waals surface area contributed by atoms with Gasteiger partial charge in [-0.15, -0.1) is 0 Å². The zero-order valence-corrected chi connectivity index (χ0v) is 16.9. The molecule has 28 heavy (non-hydrogen) atoms. The predicted octanol–water partition coefficient (Wildman–Crippen LogP) is 2.98. The van der Waals surface area contributed by atoms with Gasteiger partial charge in [0.2, 0.25) is 10.0 Å². The van der Waals surface area contributed by atoms with Crippen LogP contribution in [0.25, 0.3) is 0 Å². The molecule has 0 bridgehead atoms. The van der Waals surface area contributed by atoms with Crippen molar-refractivity contribution in [2.45, 2.75) is 31.1 Å². The summed E-state index contributed by atoms with van der Waals surface area (Å²) in [4.78, 5) is 12.7. The van der Waals surface area contributed by atoms with E-state index in [1.807, 2.05) is 31.2 Å². The maximum atomic E-state index is 13.0. The molecule has 6 nitrogen and oxygen atoms in total. The number of hydrogen-bond acceptors (Lipinski definition) is 4. The molecule has 1 saturated heterocycles. The molecular weight excluding hydrogens is 376 g/mol.